The van der Waals surface area contributed by atoms with Gasteiger partial charge in [0.2, 0.25) is 5.95 Å². The molecule has 1 fully saturated rings. The van der Waals surface area contributed by atoms with Crippen LogP contribution in [-0.2, 0) is 10.9 Å². The highest BCUT2D eigenvalue weighted by Gasteiger charge is 2.36. The Bertz CT molecular complexity index is 909. The number of halogens is 3. The molecule has 2 aromatic rings. The van der Waals surface area contributed by atoms with Crippen LogP contribution in [0.4, 0.5) is 23.9 Å². The summed E-state index contributed by atoms with van der Waals surface area (Å²) in [6, 6.07) is 6.46. The molecule has 2 atom stereocenters. The molecule has 2 heterocycles. The van der Waals surface area contributed by atoms with Crippen molar-refractivity contribution in [3.8, 4) is 0 Å². The van der Waals surface area contributed by atoms with Crippen molar-refractivity contribution in [3.63, 3.8) is 0 Å². The predicted molar refractivity (Wildman–Crippen MR) is 111 cm³/mol. The van der Waals surface area contributed by atoms with E-state index in [1.807, 2.05) is 6.08 Å². The molecule has 0 aliphatic carbocycles. The SMILES string of the molecule is CC(C)(C)OC(=O)N1CC(/C=C/c2ccc(C(F)(F)F)cc2)C(Nc2ncccn2)C1. The third-order valence-corrected chi connectivity index (χ3v) is 4.67. The molecule has 0 saturated carbocycles. The number of anilines is 1. The minimum absolute atomic E-state index is 0.112. The Labute approximate surface area is 179 Å². The fourth-order valence-electron chi connectivity index (χ4n) is 3.21. The van der Waals surface area contributed by atoms with Crippen LogP contribution < -0.4 is 5.32 Å². The molecular weight excluding hydrogens is 409 g/mol. The van der Waals surface area contributed by atoms with Gasteiger partial charge in [0.05, 0.1) is 11.6 Å². The zero-order valence-electron chi connectivity index (χ0n) is 17.6. The Hall–Kier alpha value is -3.10. The van der Waals surface area contributed by atoms with Crippen molar-refractivity contribution in [1.29, 1.82) is 0 Å². The largest absolute Gasteiger partial charge is 0.444 e. The molecule has 0 radical (unpaired) electrons. The Morgan fingerprint density at radius 3 is 2.35 bits per heavy atom. The molecule has 2 unspecified atom stereocenters. The van der Waals surface area contributed by atoms with Crippen LogP contribution in [0.3, 0.4) is 0 Å². The maximum atomic E-state index is 12.8. The van der Waals surface area contributed by atoms with Gasteiger partial charge < -0.3 is 15.0 Å². The van der Waals surface area contributed by atoms with Crippen LogP contribution in [0.15, 0.2) is 48.8 Å². The quantitative estimate of drug-likeness (QED) is 0.745. The first-order valence-corrected chi connectivity index (χ1v) is 9.88. The van der Waals surface area contributed by atoms with E-state index < -0.39 is 23.4 Å². The maximum Gasteiger partial charge on any atom is 0.416 e. The Morgan fingerprint density at radius 1 is 1.13 bits per heavy atom. The highest BCUT2D eigenvalue weighted by atomic mass is 19.4. The number of ether oxygens (including phenoxy) is 1. The minimum atomic E-state index is -4.37. The molecule has 1 aliphatic heterocycles. The van der Waals surface area contributed by atoms with Crippen molar-refractivity contribution >= 4 is 18.1 Å². The van der Waals surface area contributed by atoms with Gasteiger partial charge in [-0.1, -0.05) is 24.3 Å². The number of hydrogen-bond donors (Lipinski definition) is 1. The second-order valence-corrected chi connectivity index (χ2v) is 8.35. The van der Waals surface area contributed by atoms with E-state index in [0.717, 1.165) is 12.1 Å². The number of likely N-dealkylation sites (tertiary alicyclic amines) is 1. The lowest BCUT2D eigenvalue weighted by atomic mass is 10.0. The van der Waals surface area contributed by atoms with Crippen LogP contribution in [0.5, 0.6) is 0 Å². The van der Waals surface area contributed by atoms with E-state index in [0.29, 0.717) is 24.6 Å². The van der Waals surface area contributed by atoms with Crippen molar-refractivity contribution in [2.45, 2.75) is 38.6 Å². The molecular formula is C22H25F3N4O2. The zero-order chi connectivity index (χ0) is 22.6. The first-order valence-electron chi connectivity index (χ1n) is 9.88. The fourth-order valence-corrected chi connectivity index (χ4v) is 3.21. The number of alkyl halides is 3. The zero-order valence-corrected chi connectivity index (χ0v) is 17.6. The average Bonchev–Trinajstić information content (AvgIpc) is 3.08. The van der Waals surface area contributed by atoms with Crippen LogP contribution >= 0.6 is 0 Å². The van der Waals surface area contributed by atoms with Crippen molar-refractivity contribution in [2.24, 2.45) is 5.92 Å². The number of rotatable bonds is 4. The molecule has 166 valence electrons. The van der Waals surface area contributed by atoms with Crippen LogP contribution in [0.25, 0.3) is 6.08 Å². The lowest BCUT2D eigenvalue weighted by molar-refractivity contribution is -0.137. The van der Waals surface area contributed by atoms with Gasteiger partial charge in [0.1, 0.15) is 5.60 Å². The molecule has 0 bridgehead atoms. The van der Waals surface area contributed by atoms with E-state index >= 15 is 0 Å². The average molecular weight is 434 g/mol. The summed E-state index contributed by atoms with van der Waals surface area (Å²) in [4.78, 5) is 22.5. The second kappa shape index (κ2) is 8.95. The molecule has 3 rings (SSSR count). The van der Waals surface area contributed by atoms with Crippen LogP contribution in [0.2, 0.25) is 0 Å². The van der Waals surface area contributed by atoms with Crippen molar-refractivity contribution in [2.75, 3.05) is 18.4 Å². The van der Waals surface area contributed by atoms with Gasteiger partial charge in [-0.15, -0.1) is 0 Å². The highest BCUT2D eigenvalue weighted by Crippen LogP contribution is 2.29. The summed E-state index contributed by atoms with van der Waals surface area (Å²) in [6.07, 6.45) is 2.08. The molecule has 1 saturated heterocycles. The number of nitrogens with one attached hydrogen (secondary N) is 1. The highest BCUT2D eigenvalue weighted by molar-refractivity contribution is 5.69. The minimum Gasteiger partial charge on any atom is -0.444 e. The molecule has 0 spiro atoms. The second-order valence-electron chi connectivity index (χ2n) is 8.35. The fraction of sp³-hybridized carbons (Fsp3) is 0.409. The smallest absolute Gasteiger partial charge is 0.416 e. The van der Waals surface area contributed by atoms with Gasteiger partial charge in [-0.3, -0.25) is 0 Å². The number of carbonyl (C=O) groups excluding carboxylic acids is 1. The van der Waals surface area contributed by atoms with E-state index in [2.05, 4.69) is 15.3 Å². The summed E-state index contributed by atoms with van der Waals surface area (Å²) in [5, 5.41) is 3.23. The number of nitrogens with zero attached hydrogens (tertiary/aromatic N) is 3. The molecule has 1 aromatic heterocycles. The van der Waals surface area contributed by atoms with Crippen molar-refractivity contribution in [1.82, 2.24) is 14.9 Å². The number of carbonyl (C=O) groups is 1. The van der Waals surface area contributed by atoms with E-state index in [4.69, 9.17) is 4.74 Å². The summed E-state index contributed by atoms with van der Waals surface area (Å²) in [7, 11) is 0. The lowest BCUT2D eigenvalue weighted by Gasteiger charge is -2.24. The Morgan fingerprint density at radius 2 is 1.77 bits per heavy atom. The monoisotopic (exact) mass is 434 g/mol. The molecule has 1 aliphatic rings. The molecule has 1 aromatic carbocycles. The molecule has 31 heavy (non-hydrogen) atoms. The number of aromatic nitrogens is 2. The van der Waals surface area contributed by atoms with Gasteiger partial charge in [-0.2, -0.15) is 13.2 Å². The van der Waals surface area contributed by atoms with E-state index in [-0.39, 0.29) is 12.0 Å². The summed E-state index contributed by atoms with van der Waals surface area (Å²) in [5.74, 6) is 0.324. The van der Waals surface area contributed by atoms with Crippen LogP contribution in [0, 0.1) is 5.92 Å². The summed E-state index contributed by atoms with van der Waals surface area (Å²) >= 11 is 0. The van der Waals surface area contributed by atoms with Gasteiger partial charge >= 0.3 is 12.3 Å². The summed E-state index contributed by atoms with van der Waals surface area (Å²) in [5.41, 5.74) is -0.669. The van der Waals surface area contributed by atoms with Crippen LogP contribution in [0.1, 0.15) is 31.9 Å². The predicted octanol–water partition coefficient (Wildman–Crippen LogP) is 4.86. The van der Waals surface area contributed by atoms with E-state index in [1.54, 1.807) is 50.2 Å². The van der Waals surface area contributed by atoms with Gasteiger partial charge in [0.15, 0.2) is 0 Å². The lowest BCUT2D eigenvalue weighted by Crippen LogP contribution is -2.36. The normalized spacial score (nSPS) is 19.6. The van der Waals surface area contributed by atoms with Crippen molar-refractivity contribution in [3.05, 3.63) is 59.9 Å². The summed E-state index contributed by atoms with van der Waals surface area (Å²) < 4.78 is 43.7. The standard InChI is InChI=1S/C22H25F3N4O2/c1-21(2,3)31-20(30)29-13-16(18(14-29)28-19-26-11-4-12-27-19)8-5-15-6-9-17(10-7-15)22(23,24)25/h4-12,16,18H,13-14H2,1-3H3,(H,26,27,28)/b8-5+. The van der Waals surface area contributed by atoms with Crippen molar-refractivity contribution < 1.29 is 22.7 Å². The Balaban J connectivity index is 1.75. The Kier molecular flexibility index (Phi) is 6.52. The molecule has 6 nitrogen and oxygen atoms in total. The maximum absolute atomic E-state index is 12.8. The molecule has 9 heteroatoms. The summed E-state index contributed by atoms with van der Waals surface area (Å²) in [6.45, 7) is 6.19. The number of benzene rings is 1. The third kappa shape index (κ3) is 6.44. The van der Waals surface area contributed by atoms with Gasteiger partial charge in [-0.25, -0.2) is 14.8 Å². The first-order chi connectivity index (χ1) is 14.5. The first kappa shape index (κ1) is 22.6. The molecule has 1 N–H and O–H groups in total. The molecule has 1 amide bonds. The third-order valence-electron chi connectivity index (χ3n) is 4.67. The van der Waals surface area contributed by atoms with Gasteiger partial charge in [-0.05, 0) is 44.5 Å². The topological polar surface area (TPSA) is 67.3 Å². The van der Waals surface area contributed by atoms with Crippen LogP contribution in [-0.4, -0.2) is 45.7 Å². The number of amides is 1. The van der Waals surface area contributed by atoms with Gasteiger partial charge in [0, 0.05) is 31.4 Å². The number of hydrogen-bond acceptors (Lipinski definition) is 5. The van der Waals surface area contributed by atoms with E-state index in [1.165, 1.54) is 12.1 Å². The van der Waals surface area contributed by atoms with E-state index in [9.17, 15) is 18.0 Å². The van der Waals surface area contributed by atoms with Gasteiger partial charge in [0.25, 0.3) is 0 Å².